The molecule has 0 bridgehead atoms. The van der Waals surface area contributed by atoms with Gasteiger partial charge in [-0.05, 0) is 37.0 Å². The first-order valence-corrected chi connectivity index (χ1v) is 11.2. The molecule has 1 aliphatic rings. The molecule has 160 valence electrons. The van der Waals surface area contributed by atoms with E-state index in [0.717, 1.165) is 5.69 Å². The van der Waals surface area contributed by atoms with Crippen molar-refractivity contribution in [3.05, 3.63) is 56.4 Å². The largest absolute Gasteiger partial charge is 0.359 e. The Labute approximate surface area is 173 Å². The summed E-state index contributed by atoms with van der Waals surface area (Å²) in [6, 6.07) is 5.87. The van der Waals surface area contributed by atoms with E-state index in [1.54, 1.807) is 6.07 Å². The Balaban J connectivity index is 1.80. The molecular formula is C20H24N4O5S. The highest BCUT2D eigenvalue weighted by Crippen LogP contribution is 2.37. The SMILES string of the molecule is CC(C)c1cc(C2CCCN2S(=O)(=O)c2ccc3c(c2)n(C)c(=O)c(=O)n3C)on1. The lowest BCUT2D eigenvalue weighted by molar-refractivity contribution is 0.295. The smallest absolute Gasteiger partial charge is 0.316 e. The van der Waals surface area contributed by atoms with E-state index in [9.17, 15) is 18.0 Å². The number of nitrogens with zero attached hydrogens (tertiary/aromatic N) is 4. The van der Waals surface area contributed by atoms with E-state index in [1.807, 2.05) is 19.9 Å². The van der Waals surface area contributed by atoms with Crippen molar-refractivity contribution in [3.8, 4) is 0 Å². The maximum Gasteiger partial charge on any atom is 0.316 e. The van der Waals surface area contributed by atoms with Crippen molar-refractivity contribution in [1.29, 1.82) is 0 Å². The molecule has 1 fully saturated rings. The van der Waals surface area contributed by atoms with Crippen LogP contribution in [0.15, 0.2) is 43.3 Å². The van der Waals surface area contributed by atoms with Gasteiger partial charge in [-0.3, -0.25) is 9.59 Å². The molecule has 3 heterocycles. The van der Waals surface area contributed by atoms with Gasteiger partial charge in [0.05, 0.1) is 27.7 Å². The van der Waals surface area contributed by atoms with E-state index in [0.29, 0.717) is 36.2 Å². The Morgan fingerprint density at radius 1 is 1.07 bits per heavy atom. The highest BCUT2D eigenvalue weighted by Gasteiger charge is 2.38. The Morgan fingerprint density at radius 2 is 1.73 bits per heavy atom. The molecule has 1 unspecified atom stereocenters. The van der Waals surface area contributed by atoms with Crippen LogP contribution in [-0.2, 0) is 24.1 Å². The molecule has 9 nitrogen and oxygen atoms in total. The van der Waals surface area contributed by atoms with Gasteiger partial charge in [0.2, 0.25) is 10.0 Å². The standard InChI is InChI=1S/C20H24N4O5S/c1-12(2)14-11-18(29-21-14)16-6-5-9-24(16)30(27,28)13-7-8-15-17(10-13)23(4)20(26)19(25)22(15)3/h7-8,10-12,16H,5-6,9H2,1-4H3. The van der Waals surface area contributed by atoms with Crippen molar-refractivity contribution in [2.24, 2.45) is 14.1 Å². The first-order chi connectivity index (χ1) is 14.1. The van der Waals surface area contributed by atoms with Gasteiger partial charge < -0.3 is 13.7 Å². The van der Waals surface area contributed by atoms with Crippen LogP contribution in [-0.4, -0.2) is 33.6 Å². The number of aryl methyl sites for hydroxylation is 2. The molecule has 3 aromatic rings. The maximum absolute atomic E-state index is 13.5. The predicted octanol–water partition coefficient (Wildman–Crippen LogP) is 1.87. The molecule has 0 saturated carbocycles. The van der Waals surface area contributed by atoms with Gasteiger partial charge in [0.25, 0.3) is 0 Å². The fourth-order valence-electron chi connectivity index (χ4n) is 3.90. The van der Waals surface area contributed by atoms with Gasteiger partial charge in [-0.15, -0.1) is 0 Å². The van der Waals surface area contributed by atoms with E-state index >= 15 is 0 Å². The number of aromatic nitrogens is 3. The molecule has 1 atom stereocenters. The second-order valence-electron chi connectivity index (χ2n) is 7.96. The highest BCUT2D eigenvalue weighted by atomic mass is 32.2. The topological polar surface area (TPSA) is 107 Å². The summed E-state index contributed by atoms with van der Waals surface area (Å²) >= 11 is 0. The lowest BCUT2D eigenvalue weighted by Crippen LogP contribution is -2.39. The molecular weight excluding hydrogens is 408 g/mol. The summed E-state index contributed by atoms with van der Waals surface area (Å²) in [5.41, 5.74) is 0.278. The van der Waals surface area contributed by atoms with Gasteiger partial charge in [0.1, 0.15) is 0 Å². The van der Waals surface area contributed by atoms with Crippen molar-refractivity contribution in [1.82, 2.24) is 18.6 Å². The zero-order valence-electron chi connectivity index (χ0n) is 17.3. The highest BCUT2D eigenvalue weighted by molar-refractivity contribution is 7.89. The molecule has 30 heavy (non-hydrogen) atoms. The van der Waals surface area contributed by atoms with Crippen LogP contribution >= 0.6 is 0 Å². The van der Waals surface area contributed by atoms with Crippen molar-refractivity contribution in [2.45, 2.75) is 43.5 Å². The summed E-state index contributed by atoms with van der Waals surface area (Å²) in [4.78, 5) is 24.3. The fraction of sp³-hybridized carbons (Fsp3) is 0.450. The first-order valence-electron chi connectivity index (χ1n) is 9.81. The average molecular weight is 433 g/mol. The number of benzene rings is 1. The zero-order chi connectivity index (χ0) is 21.8. The number of hydrogen-bond donors (Lipinski definition) is 0. The number of sulfonamides is 1. The van der Waals surface area contributed by atoms with Crippen LogP contribution in [0.4, 0.5) is 0 Å². The molecule has 0 N–H and O–H groups in total. The number of fused-ring (bicyclic) bond motifs is 1. The normalized spacial score (nSPS) is 18.0. The van der Waals surface area contributed by atoms with Crippen molar-refractivity contribution in [3.63, 3.8) is 0 Å². The van der Waals surface area contributed by atoms with E-state index in [1.165, 1.54) is 39.7 Å². The number of rotatable bonds is 4. The minimum Gasteiger partial charge on any atom is -0.359 e. The van der Waals surface area contributed by atoms with E-state index in [4.69, 9.17) is 4.52 Å². The first kappa shape index (κ1) is 20.5. The third kappa shape index (κ3) is 3.10. The van der Waals surface area contributed by atoms with Crippen LogP contribution in [0.25, 0.3) is 11.0 Å². The molecule has 2 aromatic heterocycles. The van der Waals surface area contributed by atoms with Gasteiger partial charge in [-0.1, -0.05) is 19.0 Å². The second kappa shape index (κ2) is 7.21. The van der Waals surface area contributed by atoms with Crippen LogP contribution in [0.1, 0.15) is 50.1 Å². The van der Waals surface area contributed by atoms with Gasteiger partial charge in [-0.25, -0.2) is 8.42 Å². The lowest BCUT2D eigenvalue weighted by atomic mass is 10.1. The molecule has 0 aliphatic carbocycles. The molecule has 0 amide bonds. The van der Waals surface area contributed by atoms with Crippen molar-refractivity contribution < 1.29 is 12.9 Å². The quantitative estimate of drug-likeness (QED) is 0.583. The van der Waals surface area contributed by atoms with Crippen LogP contribution in [0, 0.1) is 0 Å². The van der Waals surface area contributed by atoms with Gasteiger partial charge in [0, 0.05) is 26.7 Å². The van der Waals surface area contributed by atoms with Crippen molar-refractivity contribution in [2.75, 3.05) is 6.54 Å². The molecule has 10 heteroatoms. The molecule has 1 aromatic carbocycles. The third-order valence-electron chi connectivity index (χ3n) is 5.74. The lowest BCUT2D eigenvalue weighted by Gasteiger charge is -2.22. The van der Waals surface area contributed by atoms with Crippen LogP contribution in [0.5, 0.6) is 0 Å². The van der Waals surface area contributed by atoms with E-state index < -0.39 is 27.2 Å². The summed E-state index contributed by atoms with van der Waals surface area (Å²) < 4.78 is 36.2. The molecule has 0 radical (unpaired) electrons. The monoisotopic (exact) mass is 432 g/mol. The Kier molecular flexibility index (Phi) is 4.94. The summed E-state index contributed by atoms with van der Waals surface area (Å²) in [7, 11) is -0.894. The third-order valence-corrected chi connectivity index (χ3v) is 7.64. The summed E-state index contributed by atoms with van der Waals surface area (Å²) in [6.45, 7) is 4.36. The van der Waals surface area contributed by atoms with Crippen LogP contribution in [0.2, 0.25) is 0 Å². The zero-order valence-corrected chi connectivity index (χ0v) is 18.1. The van der Waals surface area contributed by atoms with Crippen LogP contribution in [0.3, 0.4) is 0 Å². The van der Waals surface area contributed by atoms with Gasteiger partial charge in [0.15, 0.2) is 5.76 Å². The Bertz CT molecular complexity index is 1350. The Morgan fingerprint density at radius 3 is 2.37 bits per heavy atom. The average Bonchev–Trinajstić information content (AvgIpc) is 3.39. The summed E-state index contributed by atoms with van der Waals surface area (Å²) in [5.74, 6) is 0.720. The van der Waals surface area contributed by atoms with Crippen LogP contribution < -0.4 is 11.1 Å². The number of hydrogen-bond acceptors (Lipinski definition) is 6. The molecule has 1 aliphatic heterocycles. The minimum absolute atomic E-state index is 0.0687. The van der Waals surface area contributed by atoms with E-state index in [2.05, 4.69) is 5.16 Å². The second-order valence-corrected chi connectivity index (χ2v) is 9.85. The molecule has 1 saturated heterocycles. The van der Waals surface area contributed by atoms with Crippen molar-refractivity contribution >= 4 is 21.1 Å². The van der Waals surface area contributed by atoms with Gasteiger partial charge in [-0.2, -0.15) is 4.31 Å². The Hall–Kier alpha value is -2.72. The predicted molar refractivity (Wildman–Crippen MR) is 111 cm³/mol. The van der Waals surface area contributed by atoms with Gasteiger partial charge >= 0.3 is 11.1 Å². The summed E-state index contributed by atoms with van der Waals surface area (Å²) in [5, 5.41) is 4.06. The molecule has 4 rings (SSSR count). The molecule has 0 spiro atoms. The summed E-state index contributed by atoms with van der Waals surface area (Å²) in [6.07, 6.45) is 1.36. The fourth-order valence-corrected chi connectivity index (χ4v) is 5.59. The maximum atomic E-state index is 13.5. The minimum atomic E-state index is -3.85. The van der Waals surface area contributed by atoms with E-state index in [-0.39, 0.29) is 10.8 Å².